The molecule has 0 aliphatic carbocycles. The molecule has 0 bridgehead atoms. The van der Waals surface area contributed by atoms with E-state index in [0.717, 1.165) is 11.1 Å². The van der Waals surface area contributed by atoms with Crippen molar-refractivity contribution in [3.05, 3.63) is 101 Å². The number of nitrogens with one attached hydrogen (secondary N) is 2. The van der Waals surface area contributed by atoms with Gasteiger partial charge in [-0.25, -0.2) is 13.1 Å². The van der Waals surface area contributed by atoms with E-state index in [1.54, 1.807) is 54.6 Å². The summed E-state index contributed by atoms with van der Waals surface area (Å²) in [7, 11) is -3.54. The fourth-order valence-corrected chi connectivity index (χ4v) is 3.82. The van der Waals surface area contributed by atoms with Gasteiger partial charge >= 0.3 is 0 Å². The van der Waals surface area contributed by atoms with Crippen molar-refractivity contribution in [1.82, 2.24) is 10.0 Å². The Morgan fingerprint density at radius 1 is 0.786 bits per heavy atom. The van der Waals surface area contributed by atoms with E-state index < -0.39 is 10.0 Å². The zero-order valence-corrected chi connectivity index (χ0v) is 16.5. The van der Waals surface area contributed by atoms with Crippen LogP contribution in [0.4, 0.5) is 0 Å². The van der Waals surface area contributed by atoms with E-state index in [4.69, 9.17) is 11.6 Å². The average molecular weight is 415 g/mol. The van der Waals surface area contributed by atoms with Crippen molar-refractivity contribution in [1.29, 1.82) is 0 Å². The zero-order valence-electron chi connectivity index (χ0n) is 14.9. The molecule has 0 aliphatic rings. The highest BCUT2D eigenvalue weighted by atomic mass is 35.5. The molecule has 0 aromatic heterocycles. The maximum Gasteiger partial charge on any atom is 0.253 e. The molecule has 5 nitrogen and oxygen atoms in total. The minimum atomic E-state index is -3.54. The van der Waals surface area contributed by atoms with Gasteiger partial charge in [0.2, 0.25) is 10.0 Å². The minimum absolute atomic E-state index is 0.184. The van der Waals surface area contributed by atoms with E-state index in [0.29, 0.717) is 17.1 Å². The Hall–Kier alpha value is -2.67. The van der Waals surface area contributed by atoms with Crippen molar-refractivity contribution in [2.45, 2.75) is 18.0 Å². The van der Waals surface area contributed by atoms with Gasteiger partial charge in [-0.3, -0.25) is 4.79 Å². The number of carbonyl (C=O) groups excluding carboxylic acids is 1. The zero-order chi connectivity index (χ0) is 20.0. The van der Waals surface area contributed by atoms with Crippen LogP contribution >= 0.6 is 11.6 Å². The summed E-state index contributed by atoms with van der Waals surface area (Å²) in [6.07, 6.45) is 0. The fraction of sp³-hybridized carbons (Fsp3) is 0.0952. The first kappa shape index (κ1) is 20.1. The van der Waals surface area contributed by atoms with Gasteiger partial charge in [-0.05, 0) is 35.4 Å². The van der Waals surface area contributed by atoms with Crippen LogP contribution in [0.5, 0.6) is 0 Å². The van der Waals surface area contributed by atoms with Crippen LogP contribution in [0.1, 0.15) is 21.5 Å². The molecule has 3 rings (SSSR count). The van der Waals surface area contributed by atoms with Crippen LogP contribution in [-0.4, -0.2) is 14.3 Å². The van der Waals surface area contributed by atoms with Crippen LogP contribution in [0.2, 0.25) is 5.02 Å². The monoisotopic (exact) mass is 414 g/mol. The van der Waals surface area contributed by atoms with E-state index >= 15 is 0 Å². The summed E-state index contributed by atoms with van der Waals surface area (Å²) in [6, 6.07) is 22.4. The number of halogens is 1. The second-order valence-electron chi connectivity index (χ2n) is 6.12. The Bertz CT molecular complexity index is 1050. The van der Waals surface area contributed by atoms with Crippen molar-refractivity contribution in [3.63, 3.8) is 0 Å². The smallest absolute Gasteiger partial charge is 0.253 e. The Kier molecular flexibility index (Phi) is 6.46. The molecule has 144 valence electrons. The van der Waals surface area contributed by atoms with Gasteiger partial charge in [0.15, 0.2) is 0 Å². The lowest BCUT2D eigenvalue weighted by Crippen LogP contribution is -2.24. The Balaban J connectivity index is 1.55. The lowest BCUT2D eigenvalue weighted by molar-refractivity contribution is 0.0951. The molecule has 0 saturated heterocycles. The minimum Gasteiger partial charge on any atom is -0.348 e. The average Bonchev–Trinajstić information content (AvgIpc) is 2.72. The largest absolute Gasteiger partial charge is 0.348 e. The number of sulfonamides is 1. The summed E-state index contributed by atoms with van der Waals surface area (Å²) in [4.78, 5) is 12.4. The van der Waals surface area contributed by atoms with Gasteiger partial charge in [-0.15, -0.1) is 0 Å². The van der Waals surface area contributed by atoms with Gasteiger partial charge in [0.05, 0.1) is 15.5 Å². The Morgan fingerprint density at radius 3 is 2.00 bits per heavy atom. The summed E-state index contributed by atoms with van der Waals surface area (Å²) in [6.45, 7) is 0.531. The van der Waals surface area contributed by atoms with Crippen LogP contribution < -0.4 is 10.0 Å². The molecule has 0 unspecified atom stereocenters. The first-order chi connectivity index (χ1) is 13.5. The summed E-state index contributed by atoms with van der Waals surface area (Å²) in [5.41, 5.74) is 2.15. The highest BCUT2D eigenvalue weighted by molar-refractivity contribution is 7.89. The molecular weight excluding hydrogens is 396 g/mol. The van der Waals surface area contributed by atoms with E-state index in [9.17, 15) is 13.2 Å². The SMILES string of the molecule is O=C(NCc1ccc(CNS(=O)(=O)c2ccccc2)cc1)c1ccccc1Cl. The van der Waals surface area contributed by atoms with Crippen molar-refractivity contribution in [2.24, 2.45) is 0 Å². The molecule has 28 heavy (non-hydrogen) atoms. The number of carbonyl (C=O) groups is 1. The third kappa shape index (κ3) is 5.19. The number of benzene rings is 3. The first-order valence-corrected chi connectivity index (χ1v) is 10.5. The van der Waals surface area contributed by atoms with Gasteiger partial charge in [0.25, 0.3) is 5.91 Å². The van der Waals surface area contributed by atoms with Crippen LogP contribution in [0.25, 0.3) is 0 Å². The fourth-order valence-electron chi connectivity index (χ4n) is 2.56. The van der Waals surface area contributed by atoms with Crippen molar-refractivity contribution >= 4 is 27.5 Å². The topological polar surface area (TPSA) is 75.3 Å². The second-order valence-corrected chi connectivity index (χ2v) is 8.29. The van der Waals surface area contributed by atoms with Crippen LogP contribution in [0.15, 0.2) is 83.8 Å². The first-order valence-electron chi connectivity index (χ1n) is 8.61. The normalized spacial score (nSPS) is 11.2. The van der Waals surface area contributed by atoms with Crippen molar-refractivity contribution < 1.29 is 13.2 Å². The molecular formula is C21H19ClN2O3S. The van der Waals surface area contributed by atoms with Crippen LogP contribution in [0, 0.1) is 0 Å². The molecule has 0 fully saturated rings. The maximum atomic E-state index is 12.2. The third-order valence-corrected chi connectivity index (χ3v) is 5.86. The number of amides is 1. The number of hydrogen-bond donors (Lipinski definition) is 2. The number of rotatable bonds is 7. The standard InChI is InChI=1S/C21H19ClN2O3S/c22-20-9-5-4-8-19(20)21(25)23-14-16-10-12-17(13-11-16)15-24-28(26,27)18-6-2-1-3-7-18/h1-13,24H,14-15H2,(H,23,25). The molecule has 0 heterocycles. The maximum absolute atomic E-state index is 12.2. The quantitative estimate of drug-likeness (QED) is 0.618. The third-order valence-electron chi connectivity index (χ3n) is 4.11. The lowest BCUT2D eigenvalue weighted by atomic mass is 10.1. The Labute approximate surface area is 169 Å². The van der Waals surface area contributed by atoms with Gasteiger partial charge < -0.3 is 5.32 Å². The highest BCUT2D eigenvalue weighted by Gasteiger charge is 2.13. The predicted molar refractivity (Wildman–Crippen MR) is 110 cm³/mol. The highest BCUT2D eigenvalue weighted by Crippen LogP contribution is 2.15. The molecule has 3 aromatic carbocycles. The molecule has 1 amide bonds. The van der Waals surface area contributed by atoms with Crippen LogP contribution in [-0.2, 0) is 23.1 Å². The van der Waals surface area contributed by atoms with E-state index in [1.807, 2.05) is 24.3 Å². The van der Waals surface area contributed by atoms with Gasteiger partial charge in [-0.1, -0.05) is 66.2 Å². The Morgan fingerprint density at radius 2 is 1.36 bits per heavy atom. The van der Waals surface area contributed by atoms with Gasteiger partial charge in [0, 0.05) is 13.1 Å². The summed E-state index contributed by atoms with van der Waals surface area (Å²) in [5, 5.41) is 3.22. The summed E-state index contributed by atoms with van der Waals surface area (Å²) >= 11 is 6.02. The molecule has 0 atom stereocenters. The molecule has 2 N–H and O–H groups in total. The predicted octanol–water partition coefficient (Wildman–Crippen LogP) is 3.75. The van der Waals surface area contributed by atoms with Crippen molar-refractivity contribution in [2.75, 3.05) is 0 Å². The van der Waals surface area contributed by atoms with Gasteiger partial charge in [-0.2, -0.15) is 0 Å². The second kappa shape index (κ2) is 9.01. The van der Waals surface area contributed by atoms with Gasteiger partial charge in [0.1, 0.15) is 0 Å². The molecule has 0 saturated carbocycles. The number of hydrogen-bond acceptors (Lipinski definition) is 3. The molecule has 0 radical (unpaired) electrons. The molecule has 3 aromatic rings. The summed E-state index contributed by atoms with van der Waals surface area (Å²) < 4.78 is 27.1. The molecule has 7 heteroatoms. The summed E-state index contributed by atoms with van der Waals surface area (Å²) in [5.74, 6) is -0.245. The van der Waals surface area contributed by atoms with E-state index in [2.05, 4.69) is 10.0 Å². The van der Waals surface area contributed by atoms with Crippen molar-refractivity contribution in [3.8, 4) is 0 Å². The van der Waals surface area contributed by atoms with E-state index in [-0.39, 0.29) is 17.3 Å². The molecule has 0 aliphatic heterocycles. The lowest BCUT2D eigenvalue weighted by Gasteiger charge is -2.09. The molecule has 0 spiro atoms. The van der Waals surface area contributed by atoms with Crippen LogP contribution in [0.3, 0.4) is 0 Å². The van der Waals surface area contributed by atoms with E-state index in [1.165, 1.54) is 0 Å².